The van der Waals surface area contributed by atoms with E-state index >= 15 is 0 Å². The maximum absolute atomic E-state index is 13.5. The fourth-order valence-corrected chi connectivity index (χ4v) is 5.84. The Morgan fingerprint density at radius 1 is 1.10 bits per heavy atom. The first-order chi connectivity index (χ1) is 18.9. The number of fused-ring (bicyclic) bond motifs is 2. The van der Waals surface area contributed by atoms with E-state index in [9.17, 15) is 24.8 Å². The summed E-state index contributed by atoms with van der Waals surface area (Å²) in [6, 6.07) is 15.0. The standard InChI is InChI=1S/C28H21N3O7S/c1-2-15-6-8-19-22(12-15)39-28(29-19)30-24(16-4-3-5-18(13-16)31(35)36)23(26(33)27(30)34)25(32)17-7-9-20-21(14-17)38-11-10-37-20/h3-9,12-14,24,32H,2,10-11H2,1H3/b25-23+. The molecule has 39 heavy (non-hydrogen) atoms. The molecule has 1 N–H and O–H groups in total. The first-order valence-electron chi connectivity index (χ1n) is 12.2. The second-order valence-corrected chi connectivity index (χ2v) is 10.0. The zero-order chi connectivity index (χ0) is 27.3. The van der Waals surface area contributed by atoms with Crippen molar-refractivity contribution in [2.24, 2.45) is 0 Å². The molecule has 0 radical (unpaired) electrons. The van der Waals surface area contributed by atoms with Crippen molar-refractivity contribution in [3.8, 4) is 11.5 Å². The molecule has 196 valence electrons. The number of amides is 1. The number of aliphatic hydroxyl groups excluding tert-OH is 1. The van der Waals surface area contributed by atoms with Gasteiger partial charge < -0.3 is 14.6 Å². The highest BCUT2D eigenvalue weighted by Crippen LogP contribution is 2.45. The van der Waals surface area contributed by atoms with Gasteiger partial charge in [0.25, 0.3) is 11.5 Å². The van der Waals surface area contributed by atoms with Gasteiger partial charge >= 0.3 is 5.91 Å². The molecule has 1 atom stereocenters. The van der Waals surface area contributed by atoms with E-state index < -0.39 is 28.4 Å². The molecule has 3 aromatic carbocycles. The topological polar surface area (TPSA) is 132 Å². The van der Waals surface area contributed by atoms with Gasteiger partial charge in [-0.1, -0.05) is 36.5 Å². The summed E-state index contributed by atoms with van der Waals surface area (Å²) in [5, 5.41) is 23.2. The van der Waals surface area contributed by atoms with Gasteiger partial charge in [-0.15, -0.1) is 0 Å². The van der Waals surface area contributed by atoms with E-state index in [0.29, 0.717) is 30.2 Å². The highest BCUT2D eigenvalue weighted by molar-refractivity contribution is 7.22. The van der Waals surface area contributed by atoms with Crippen LogP contribution in [0.2, 0.25) is 0 Å². The van der Waals surface area contributed by atoms with Crippen LogP contribution in [0.5, 0.6) is 11.5 Å². The fourth-order valence-electron chi connectivity index (χ4n) is 4.78. The molecule has 10 nitrogen and oxygen atoms in total. The van der Waals surface area contributed by atoms with Gasteiger partial charge in [-0.05, 0) is 47.9 Å². The number of aliphatic hydroxyl groups is 1. The van der Waals surface area contributed by atoms with Crippen molar-refractivity contribution in [3.05, 3.63) is 93.0 Å². The average molecular weight is 544 g/mol. The number of ketones is 1. The normalized spacial score (nSPS) is 18.1. The number of nitro benzene ring substituents is 1. The van der Waals surface area contributed by atoms with Crippen LogP contribution in [-0.2, 0) is 16.0 Å². The molecular formula is C28H21N3O7S. The number of benzene rings is 3. The number of carbonyl (C=O) groups excluding carboxylic acids is 2. The minimum atomic E-state index is -1.15. The lowest BCUT2D eigenvalue weighted by Gasteiger charge is -2.23. The van der Waals surface area contributed by atoms with Crippen molar-refractivity contribution in [3.63, 3.8) is 0 Å². The maximum atomic E-state index is 13.5. The number of nitro groups is 1. The second kappa shape index (κ2) is 9.52. The molecule has 6 rings (SSSR count). The Balaban J connectivity index is 1.55. The molecule has 11 heteroatoms. The SMILES string of the molecule is CCc1ccc2nc(N3C(=O)C(=O)/C(=C(/O)c4ccc5c(c4)OCCO5)C3c3cccc([N+](=O)[O-])c3)sc2c1. The van der Waals surface area contributed by atoms with Crippen molar-refractivity contribution in [1.29, 1.82) is 0 Å². The van der Waals surface area contributed by atoms with Crippen molar-refractivity contribution in [2.75, 3.05) is 18.1 Å². The van der Waals surface area contributed by atoms with Gasteiger partial charge in [0.1, 0.15) is 19.0 Å². The summed E-state index contributed by atoms with van der Waals surface area (Å²) < 4.78 is 12.0. The molecule has 4 aromatic rings. The van der Waals surface area contributed by atoms with E-state index in [2.05, 4.69) is 4.98 Å². The Labute approximate surface area is 225 Å². The Kier molecular flexibility index (Phi) is 5.99. The Bertz CT molecular complexity index is 1710. The van der Waals surface area contributed by atoms with Crippen molar-refractivity contribution in [1.82, 2.24) is 4.98 Å². The second-order valence-electron chi connectivity index (χ2n) is 9.03. The van der Waals surface area contributed by atoms with Gasteiger partial charge in [0, 0.05) is 17.7 Å². The highest BCUT2D eigenvalue weighted by atomic mass is 32.1. The number of ether oxygens (including phenoxy) is 2. The summed E-state index contributed by atoms with van der Waals surface area (Å²) >= 11 is 1.23. The molecular weight excluding hydrogens is 522 g/mol. The molecule has 1 aromatic heterocycles. The molecule has 0 aliphatic carbocycles. The predicted molar refractivity (Wildman–Crippen MR) is 144 cm³/mol. The number of hydrogen-bond donors (Lipinski definition) is 1. The van der Waals surface area contributed by atoms with E-state index in [1.807, 2.05) is 25.1 Å². The number of nitrogens with zero attached hydrogens (tertiary/aromatic N) is 3. The van der Waals surface area contributed by atoms with Gasteiger partial charge in [0.05, 0.1) is 26.8 Å². The fraction of sp³-hybridized carbons (Fsp3) is 0.179. The number of rotatable bonds is 5. The molecule has 0 spiro atoms. The molecule has 3 heterocycles. The number of carbonyl (C=O) groups is 2. The predicted octanol–water partition coefficient (Wildman–Crippen LogP) is 5.16. The number of thiazole rings is 1. The zero-order valence-corrected chi connectivity index (χ0v) is 21.4. The first-order valence-corrected chi connectivity index (χ1v) is 13.0. The summed E-state index contributed by atoms with van der Waals surface area (Å²) in [6.45, 7) is 2.74. The van der Waals surface area contributed by atoms with E-state index in [1.165, 1.54) is 40.5 Å². The molecule has 0 bridgehead atoms. The molecule has 2 aliphatic rings. The minimum absolute atomic E-state index is 0.203. The first kappa shape index (κ1) is 24.6. The lowest BCUT2D eigenvalue weighted by molar-refractivity contribution is -0.384. The minimum Gasteiger partial charge on any atom is -0.507 e. The molecule has 1 saturated heterocycles. The molecule has 1 amide bonds. The smallest absolute Gasteiger partial charge is 0.301 e. The van der Waals surface area contributed by atoms with Crippen LogP contribution in [0.3, 0.4) is 0 Å². The molecule has 2 aliphatic heterocycles. The van der Waals surface area contributed by atoms with E-state index in [1.54, 1.807) is 18.2 Å². The van der Waals surface area contributed by atoms with Crippen LogP contribution >= 0.6 is 11.3 Å². The summed E-state index contributed by atoms with van der Waals surface area (Å²) in [4.78, 5) is 43.8. The monoisotopic (exact) mass is 543 g/mol. The summed E-state index contributed by atoms with van der Waals surface area (Å²) in [5.41, 5.74) is 1.85. The third-order valence-electron chi connectivity index (χ3n) is 6.71. The van der Waals surface area contributed by atoms with Gasteiger partial charge in [0.2, 0.25) is 0 Å². The van der Waals surface area contributed by atoms with Crippen LogP contribution in [0.4, 0.5) is 10.8 Å². The third kappa shape index (κ3) is 4.16. The van der Waals surface area contributed by atoms with Crippen LogP contribution in [-0.4, -0.2) is 39.9 Å². The van der Waals surface area contributed by atoms with Crippen LogP contribution in [0.1, 0.15) is 29.7 Å². The lowest BCUT2D eigenvalue weighted by Crippen LogP contribution is -2.29. The average Bonchev–Trinajstić information content (AvgIpc) is 3.49. The number of aromatic nitrogens is 1. The summed E-state index contributed by atoms with van der Waals surface area (Å²) in [6.07, 6.45) is 0.816. The summed E-state index contributed by atoms with van der Waals surface area (Å²) in [7, 11) is 0. The quantitative estimate of drug-likeness (QED) is 0.120. The largest absolute Gasteiger partial charge is 0.507 e. The number of aryl methyl sites for hydroxylation is 1. The van der Waals surface area contributed by atoms with E-state index in [-0.39, 0.29) is 27.5 Å². The molecule has 1 unspecified atom stereocenters. The number of anilines is 1. The highest BCUT2D eigenvalue weighted by Gasteiger charge is 2.48. The Morgan fingerprint density at radius 2 is 1.90 bits per heavy atom. The van der Waals surface area contributed by atoms with E-state index in [0.717, 1.165) is 16.7 Å². The van der Waals surface area contributed by atoms with Gasteiger partial charge in [-0.2, -0.15) is 0 Å². The van der Waals surface area contributed by atoms with Crippen molar-refractivity contribution < 1.29 is 29.1 Å². The van der Waals surface area contributed by atoms with Crippen molar-refractivity contribution >= 4 is 49.8 Å². The van der Waals surface area contributed by atoms with Crippen LogP contribution < -0.4 is 14.4 Å². The van der Waals surface area contributed by atoms with Gasteiger partial charge in [-0.3, -0.25) is 24.6 Å². The third-order valence-corrected chi connectivity index (χ3v) is 7.73. The molecule has 0 saturated carbocycles. The van der Waals surface area contributed by atoms with E-state index in [4.69, 9.17) is 9.47 Å². The Hall–Kier alpha value is -4.77. The van der Waals surface area contributed by atoms with Crippen LogP contribution in [0.15, 0.2) is 66.2 Å². The van der Waals surface area contributed by atoms with Gasteiger partial charge in [-0.25, -0.2) is 4.98 Å². The maximum Gasteiger partial charge on any atom is 0.301 e. The number of Topliss-reactive ketones (excluding diaryl/α,β-unsaturated/α-hetero) is 1. The Morgan fingerprint density at radius 3 is 2.67 bits per heavy atom. The number of hydrogen-bond acceptors (Lipinski definition) is 9. The van der Waals surface area contributed by atoms with Crippen molar-refractivity contribution in [2.45, 2.75) is 19.4 Å². The zero-order valence-electron chi connectivity index (χ0n) is 20.6. The number of non-ortho nitro benzene ring substituents is 1. The summed E-state index contributed by atoms with van der Waals surface area (Å²) in [5.74, 6) is -1.36. The lowest BCUT2D eigenvalue weighted by atomic mass is 9.95. The van der Waals surface area contributed by atoms with Crippen LogP contribution in [0, 0.1) is 10.1 Å². The van der Waals surface area contributed by atoms with Crippen LogP contribution in [0.25, 0.3) is 16.0 Å². The molecule has 1 fully saturated rings. The van der Waals surface area contributed by atoms with Gasteiger partial charge in [0.15, 0.2) is 16.6 Å².